The lowest BCUT2D eigenvalue weighted by Gasteiger charge is -2.21. The molecule has 0 fully saturated rings. The first-order valence-electron chi connectivity index (χ1n) is 8.07. The Morgan fingerprint density at radius 2 is 1.38 bits per heavy atom. The zero-order chi connectivity index (χ0) is 19.4. The standard InChI is InChI=1S/C19H18F5NO/c1-10(2)8-13(11-6-4-3-5-7-11)25-14(26)9-12-15(20)17(22)19(24)18(23)16(12)21/h3-7,10,13H,8-9H2,1-2H3,(H,25,26)/t13-/m0/s1. The highest BCUT2D eigenvalue weighted by Gasteiger charge is 2.27. The van der Waals surface area contributed by atoms with E-state index in [2.05, 4.69) is 5.32 Å². The molecule has 1 amide bonds. The molecule has 0 unspecified atom stereocenters. The number of carbonyl (C=O) groups excluding carboxylic acids is 1. The minimum absolute atomic E-state index is 0.203. The number of hydrogen-bond donors (Lipinski definition) is 1. The fraction of sp³-hybridized carbons (Fsp3) is 0.316. The van der Waals surface area contributed by atoms with E-state index in [-0.39, 0.29) is 5.92 Å². The summed E-state index contributed by atoms with van der Waals surface area (Å²) in [6.45, 7) is 3.87. The van der Waals surface area contributed by atoms with Crippen LogP contribution in [0.15, 0.2) is 30.3 Å². The summed E-state index contributed by atoms with van der Waals surface area (Å²) in [5, 5.41) is 2.61. The van der Waals surface area contributed by atoms with Crippen molar-refractivity contribution in [1.82, 2.24) is 5.32 Å². The molecule has 2 nitrogen and oxygen atoms in total. The van der Waals surface area contributed by atoms with Crippen molar-refractivity contribution in [2.45, 2.75) is 32.7 Å². The van der Waals surface area contributed by atoms with Crippen molar-refractivity contribution in [2.24, 2.45) is 5.92 Å². The van der Waals surface area contributed by atoms with Gasteiger partial charge in [0.25, 0.3) is 0 Å². The summed E-state index contributed by atoms with van der Waals surface area (Å²) in [6.07, 6.45) is -0.403. The van der Waals surface area contributed by atoms with Gasteiger partial charge in [-0.2, -0.15) is 0 Å². The van der Waals surface area contributed by atoms with E-state index in [1.807, 2.05) is 13.8 Å². The fourth-order valence-corrected chi connectivity index (χ4v) is 2.65. The Balaban J connectivity index is 2.24. The van der Waals surface area contributed by atoms with Crippen LogP contribution < -0.4 is 5.32 Å². The van der Waals surface area contributed by atoms with Crippen LogP contribution in [0.1, 0.15) is 37.4 Å². The Hall–Kier alpha value is -2.44. The van der Waals surface area contributed by atoms with E-state index >= 15 is 0 Å². The molecule has 0 aliphatic carbocycles. The molecular formula is C19H18F5NO. The van der Waals surface area contributed by atoms with E-state index < -0.39 is 53.0 Å². The maximum Gasteiger partial charge on any atom is 0.225 e. The minimum Gasteiger partial charge on any atom is -0.349 e. The maximum atomic E-state index is 13.7. The molecule has 0 saturated carbocycles. The van der Waals surface area contributed by atoms with Crippen LogP contribution in [0.2, 0.25) is 0 Å². The molecule has 0 aliphatic rings. The summed E-state index contributed by atoms with van der Waals surface area (Å²) < 4.78 is 67.1. The van der Waals surface area contributed by atoms with Gasteiger partial charge in [-0.25, -0.2) is 22.0 Å². The molecule has 140 valence electrons. The smallest absolute Gasteiger partial charge is 0.225 e. The second kappa shape index (κ2) is 8.29. The van der Waals surface area contributed by atoms with Gasteiger partial charge in [-0.3, -0.25) is 4.79 Å². The van der Waals surface area contributed by atoms with Crippen molar-refractivity contribution in [1.29, 1.82) is 0 Å². The largest absolute Gasteiger partial charge is 0.349 e. The zero-order valence-corrected chi connectivity index (χ0v) is 14.3. The van der Waals surface area contributed by atoms with Crippen molar-refractivity contribution in [3.8, 4) is 0 Å². The Labute approximate surface area is 148 Å². The molecule has 0 bridgehead atoms. The van der Waals surface area contributed by atoms with Crippen LogP contribution in [0, 0.1) is 35.0 Å². The SMILES string of the molecule is CC(C)C[C@H](NC(=O)Cc1c(F)c(F)c(F)c(F)c1F)c1ccccc1. The van der Waals surface area contributed by atoms with Gasteiger partial charge in [-0.15, -0.1) is 0 Å². The van der Waals surface area contributed by atoms with E-state index in [1.54, 1.807) is 30.3 Å². The second-order valence-corrected chi connectivity index (χ2v) is 6.39. The van der Waals surface area contributed by atoms with Crippen LogP contribution in [-0.2, 0) is 11.2 Å². The Kier molecular flexibility index (Phi) is 6.34. The molecule has 0 radical (unpaired) electrons. The Morgan fingerprint density at radius 1 is 0.885 bits per heavy atom. The van der Waals surface area contributed by atoms with Crippen LogP contribution in [0.3, 0.4) is 0 Å². The van der Waals surface area contributed by atoms with Gasteiger partial charge in [0.15, 0.2) is 23.3 Å². The number of rotatable bonds is 6. The molecule has 0 aliphatic heterocycles. The maximum absolute atomic E-state index is 13.7. The van der Waals surface area contributed by atoms with E-state index in [0.717, 1.165) is 5.56 Å². The van der Waals surface area contributed by atoms with Crippen LogP contribution in [0.4, 0.5) is 22.0 Å². The predicted octanol–water partition coefficient (Wildman–Crippen LogP) is 4.83. The molecule has 0 saturated heterocycles. The van der Waals surface area contributed by atoms with Crippen LogP contribution in [0.25, 0.3) is 0 Å². The van der Waals surface area contributed by atoms with Crippen LogP contribution in [0.5, 0.6) is 0 Å². The van der Waals surface area contributed by atoms with Gasteiger partial charge in [-0.05, 0) is 17.9 Å². The van der Waals surface area contributed by atoms with E-state index in [4.69, 9.17) is 0 Å². The highest BCUT2D eigenvalue weighted by Crippen LogP contribution is 2.25. The molecule has 0 heterocycles. The van der Waals surface area contributed by atoms with E-state index in [0.29, 0.717) is 6.42 Å². The molecule has 2 aromatic rings. The van der Waals surface area contributed by atoms with Crippen molar-refractivity contribution < 1.29 is 26.7 Å². The second-order valence-electron chi connectivity index (χ2n) is 6.39. The molecule has 0 spiro atoms. The average Bonchev–Trinajstić information content (AvgIpc) is 2.62. The lowest BCUT2D eigenvalue weighted by molar-refractivity contribution is -0.121. The van der Waals surface area contributed by atoms with E-state index in [9.17, 15) is 26.7 Å². The highest BCUT2D eigenvalue weighted by molar-refractivity contribution is 5.79. The molecule has 0 aromatic heterocycles. The summed E-state index contributed by atoms with van der Waals surface area (Å²) in [5.74, 6) is -11.0. The third-order valence-corrected chi connectivity index (χ3v) is 3.88. The first kappa shape index (κ1) is 19.9. The normalized spacial score (nSPS) is 12.3. The van der Waals surface area contributed by atoms with Gasteiger partial charge < -0.3 is 5.32 Å². The van der Waals surface area contributed by atoms with Crippen LogP contribution in [-0.4, -0.2) is 5.91 Å². The number of carbonyl (C=O) groups is 1. The third-order valence-electron chi connectivity index (χ3n) is 3.88. The van der Waals surface area contributed by atoms with Gasteiger partial charge in [0, 0.05) is 5.56 Å². The lowest BCUT2D eigenvalue weighted by atomic mass is 9.96. The first-order valence-corrected chi connectivity index (χ1v) is 8.07. The molecule has 2 rings (SSSR count). The summed E-state index contributed by atoms with van der Waals surface area (Å²) in [5.41, 5.74) is -0.359. The van der Waals surface area contributed by atoms with Crippen molar-refractivity contribution >= 4 is 5.91 Å². The average molecular weight is 371 g/mol. The quantitative estimate of drug-likeness (QED) is 0.440. The van der Waals surface area contributed by atoms with Crippen molar-refractivity contribution in [3.05, 3.63) is 70.5 Å². The summed E-state index contributed by atoms with van der Waals surface area (Å²) in [6, 6.07) is 8.48. The van der Waals surface area contributed by atoms with Crippen LogP contribution >= 0.6 is 0 Å². The minimum atomic E-state index is -2.24. The molecule has 1 N–H and O–H groups in total. The molecule has 1 atom stereocenters. The Bertz CT molecular complexity index is 763. The summed E-state index contributed by atoms with van der Waals surface area (Å²) >= 11 is 0. The summed E-state index contributed by atoms with van der Waals surface area (Å²) in [7, 11) is 0. The number of amides is 1. The number of benzene rings is 2. The van der Waals surface area contributed by atoms with Gasteiger partial charge in [-0.1, -0.05) is 44.2 Å². The number of hydrogen-bond acceptors (Lipinski definition) is 1. The molecule has 7 heteroatoms. The topological polar surface area (TPSA) is 29.1 Å². The lowest BCUT2D eigenvalue weighted by Crippen LogP contribution is -2.31. The fourth-order valence-electron chi connectivity index (χ4n) is 2.65. The first-order chi connectivity index (χ1) is 12.2. The summed E-state index contributed by atoms with van der Waals surface area (Å²) in [4.78, 5) is 12.2. The predicted molar refractivity (Wildman–Crippen MR) is 86.7 cm³/mol. The van der Waals surface area contributed by atoms with E-state index in [1.165, 1.54) is 0 Å². The molecule has 26 heavy (non-hydrogen) atoms. The molecular weight excluding hydrogens is 353 g/mol. The highest BCUT2D eigenvalue weighted by atomic mass is 19.2. The monoisotopic (exact) mass is 371 g/mol. The van der Waals surface area contributed by atoms with Gasteiger partial charge in [0.1, 0.15) is 0 Å². The van der Waals surface area contributed by atoms with Crippen molar-refractivity contribution in [2.75, 3.05) is 0 Å². The Morgan fingerprint density at radius 3 is 1.88 bits per heavy atom. The van der Waals surface area contributed by atoms with Gasteiger partial charge in [0.2, 0.25) is 11.7 Å². The van der Waals surface area contributed by atoms with Gasteiger partial charge in [0.05, 0.1) is 12.5 Å². The van der Waals surface area contributed by atoms with Gasteiger partial charge >= 0.3 is 0 Å². The number of halogens is 5. The zero-order valence-electron chi connectivity index (χ0n) is 14.3. The molecule has 2 aromatic carbocycles. The van der Waals surface area contributed by atoms with Crippen molar-refractivity contribution in [3.63, 3.8) is 0 Å². The third kappa shape index (κ3) is 4.39. The number of nitrogens with one attached hydrogen (secondary N) is 1.